The van der Waals surface area contributed by atoms with E-state index in [1.807, 2.05) is 18.2 Å². The summed E-state index contributed by atoms with van der Waals surface area (Å²) >= 11 is 0. The van der Waals surface area contributed by atoms with Crippen LogP contribution in [-0.2, 0) is 10.5 Å². The highest BCUT2D eigenvalue weighted by atomic mass is 32.2. The van der Waals surface area contributed by atoms with E-state index in [1.165, 1.54) is 12.1 Å². The maximum absolute atomic E-state index is 11.4. The SMILES string of the molecule is O=C(N=S(=O)=O)c1cccc(Oc2ccccc2)c1. The molecular formula is C13H9NO4S. The number of para-hydroxylation sites is 1. The molecule has 0 atom stereocenters. The number of ether oxygens (including phenoxy) is 1. The molecule has 1 amide bonds. The van der Waals surface area contributed by atoms with Crippen molar-refractivity contribution in [2.45, 2.75) is 0 Å². The first kappa shape index (κ1) is 13.0. The lowest BCUT2D eigenvalue weighted by atomic mass is 10.2. The molecule has 19 heavy (non-hydrogen) atoms. The van der Waals surface area contributed by atoms with E-state index in [9.17, 15) is 13.2 Å². The van der Waals surface area contributed by atoms with Crippen LogP contribution in [0.1, 0.15) is 10.4 Å². The zero-order chi connectivity index (χ0) is 13.7. The van der Waals surface area contributed by atoms with Crippen LogP contribution in [0.15, 0.2) is 59.0 Å². The van der Waals surface area contributed by atoms with Crippen LogP contribution in [0.25, 0.3) is 0 Å². The van der Waals surface area contributed by atoms with Crippen LogP contribution in [0.3, 0.4) is 0 Å². The van der Waals surface area contributed by atoms with E-state index in [2.05, 4.69) is 4.36 Å². The molecule has 0 fully saturated rings. The van der Waals surface area contributed by atoms with E-state index in [0.717, 1.165) is 0 Å². The van der Waals surface area contributed by atoms with Crippen molar-refractivity contribution in [1.82, 2.24) is 0 Å². The number of hydrogen-bond donors (Lipinski definition) is 0. The van der Waals surface area contributed by atoms with Crippen molar-refractivity contribution in [3.63, 3.8) is 0 Å². The minimum Gasteiger partial charge on any atom is -0.457 e. The molecule has 0 aromatic heterocycles. The van der Waals surface area contributed by atoms with E-state index in [0.29, 0.717) is 11.5 Å². The predicted molar refractivity (Wildman–Crippen MR) is 68.6 cm³/mol. The van der Waals surface area contributed by atoms with Gasteiger partial charge in [0.15, 0.2) is 0 Å². The van der Waals surface area contributed by atoms with Crippen LogP contribution in [-0.4, -0.2) is 14.3 Å². The van der Waals surface area contributed by atoms with Crippen LogP contribution in [0.5, 0.6) is 11.5 Å². The number of rotatable bonds is 3. The van der Waals surface area contributed by atoms with Gasteiger partial charge in [-0.3, -0.25) is 4.79 Å². The average Bonchev–Trinajstić information content (AvgIpc) is 2.39. The zero-order valence-electron chi connectivity index (χ0n) is 9.68. The lowest BCUT2D eigenvalue weighted by Crippen LogP contribution is -1.94. The molecule has 0 N–H and O–H groups in total. The fourth-order valence-electron chi connectivity index (χ4n) is 1.44. The molecule has 0 aliphatic carbocycles. The van der Waals surface area contributed by atoms with Crippen molar-refractivity contribution >= 4 is 16.4 Å². The molecule has 0 aliphatic heterocycles. The molecule has 2 aromatic rings. The third kappa shape index (κ3) is 3.75. The standard InChI is InChI=1S/C13H9NO4S/c15-13(14-19(16)17)10-5-4-8-12(9-10)18-11-6-2-1-3-7-11/h1-9H. The highest BCUT2D eigenvalue weighted by molar-refractivity contribution is 7.62. The normalized spacial score (nSPS) is 9.68. The molecular weight excluding hydrogens is 266 g/mol. The van der Waals surface area contributed by atoms with E-state index in [4.69, 9.17) is 4.74 Å². The number of carbonyl (C=O) groups is 1. The predicted octanol–water partition coefficient (Wildman–Crippen LogP) is 2.68. The van der Waals surface area contributed by atoms with Crippen molar-refractivity contribution in [2.75, 3.05) is 0 Å². The molecule has 6 heteroatoms. The number of carbonyl (C=O) groups excluding carboxylic acids is 1. The van der Waals surface area contributed by atoms with Crippen LogP contribution in [0.4, 0.5) is 0 Å². The highest BCUT2D eigenvalue weighted by Crippen LogP contribution is 2.22. The molecule has 0 saturated carbocycles. The van der Waals surface area contributed by atoms with E-state index in [-0.39, 0.29) is 5.56 Å². The Morgan fingerprint density at radius 1 is 0.947 bits per heavy atom. The minimum atomic E-state index is -2.76. The van der Waals surface area contributed by atoms with Gasteiger partial charge in [-0.05, 0) is 30.3 Å². The molecule has 2 rings (SSSR count). The Kier molecular flexibility index (Phi) is 4.04. The van der Waals surface area contributed by atoms with Gasteiger partial charge in [0.2, 0.25) is 0 Å². The smallest absolute Gasteiger partial charge is 0.319 e. The first-order chi connectivity index (χ1) is 9.15. The first-order valence-electron chi connectivity index (χ1n) is 5.33. The van der Waals surface area contributed by atoms with Crippen LogP contribution < -0.4 is 4.74 Å². The first-order valence-corrected chi connectivity index (χ1v) is 6.37. The van der Waals surface area contributed by atoms with Gasteiger partial charge in [-0.1, -0.05) is 28.6 Å². The van der Waals surface area contributed by atoms with E-state index < -0.39 is 16.4 Å². The molecule has 0 spiro atoms. The second kappa shape index (κ2) is 5.92. The summed E-state index contributed by atoms with van der Waals surface area (Å²) in [5.74, 6) is 0.229. The van der Waals surface area contributed by atoms with Gasteiger partial charge in [-0.25, -0.2) is 0 Å². The number of hydrogen-bond acceptors (Lipinski definition) is 4. The Balaban J connectivity index is 2.25. The Morgan fingerprint density at radius 3 is 2.32 bits per heavy atom. The summed E-state index contributed by atoms with van der Waals surface area (Å²) in [6, 6.07) is 15.2. The molecule has 5 nitrogen and oxygen atoms in total. The molecule has 0 bridgehead atoms. The van der Waals surface area contributed by atoms with Crippen LogP contribution in [0.2, 0.25) is 0 Å². The van der Waals surface area contributed by atoms with E-state index in [1.54, 1.807) is 24.3 Å². The van der Waals surface area contributed by atoms with Gasteiger partial charge in [0.05, 0.1) is 0 Å². The molecule has 0 unspecified atom stereocenters. The molecule has 0 aliphatic rings. The minimum absolute atomic E-state index is 0.151. The largest absolute Gasteiger partial charge is 0.457 e. The zero-order valence-corrected chi connectivity index (χ0v) is 10.5. The van der Waals surface area contributed by atoms with Gasteiger partial charge in [-0.2, -0.15) is 8.42 Å². The Morgan fingerprint density at radius 2 is 1.63 bits per heavy atom. The van der Waals surface area contributed by atoms with Gasteiger partial charge in [0, 0.05) is 5.56 Å². The fraction of sp³-hybridized carbons (Fsp3) is 0. The number of benzene rings is 2. The highest BCUT2D eigenvalue weighted by Gasteiger charge is 2.06. The third-order valence-corrected chi connectivity index (χ3v) is 2.53. The molecule has 0 radical (unpaired) electrons. The summed E-state index contributed by atoms with van der Waals surface area (Å²) in [6.45, 7) is 0. The Hall–Kier alpha value is -2.47. The lowest BCUT2D eigenvalue weighted by Gasteiger charge is -2.05. The van der Waals surface area contributed by atoms with Crippen molar-refractivity contribution in [3.05, 3.63) is 60.2 Å². The summed E-state index contributed by atoms with van der Waals surface area (Å²) in [6.07, 6.45) is 0. The summed E-state index contributed by atoms with van der Waals surface area (Å²) in [7, 11) is -2.76. The molecule has 0 heterocycles. The number of amides is 1. The fourth-order valence-corrected chi connectivity index (χ4v) is 1.68. The number of nitrogens with zero attached hydrogens (tertiary/aromatic N) is 1. The Labute approximate surface area is 111 Å². The summed E-state index contributed by atoms with van der Waals surface area (Å²) in [4.78, 5) is 11.4. The Bertz CT molecular complexity index is 715. The maximum atomic E-state index is 11.4. The third-order valence-electron chi connectivity index (χ3n) is 2.22. The molecule has 2 aromatic carbocycles. The summed E-state index contributed by atoms with van der Waals surface area (Å²) in [5.41, 5.74) is 0.151. The summed E-state index contributed by atoms with van der Waals surface area (Å²) in [5, 5.41) is 0. The topological polar surface area (TPSA) is 72.8 Å². The summed E-state index contributed by atoms with van der Waals surface area (Å²) < 4.78 is 29.1. The van der Waals surface area contributed by atoms with Crippen molar-refractivity contribution in [3.8, 4) is 11.5 Å². The second-order valence-electron chi connectivity index (χ2n) is 3.56. The molecule has 0 saturated heterocycles. The maximum Gasteiger partial charge on any atom is 0.319 e. The van der Waals surface area contributed by atoms with Gasteiger partial charge < -0.3 is 4.74 Å². The van der Waals surface area contributed by atoms with Crippen molar-refractivity contribution in [2.24, 2.45) is 4.36 Å². The van der Waals surface area contributed by atoms with Crippen molar-refractivity contribution in [1.29, 1.82) is 0 Å². The van der Waals surface area contributed by atoms with Crippen LogP contribution in [0, 0.1) is 0 Å². The van der Waals surface area contributed by atoms with Gasteiger partial charge >= 0.3 is 10.5 Å². The lowest BCUT2D eigenvalue weighted by molar-refractivity contribution is 0.100. The van der Waals surface area contributed by atoms with Gasteiger partial charge in [0.1, 0.15) is 11.5 Å². The average molecular weight is 275 g/mol. The van der Waals surface area contributed by atoms with Gasteiger partial charge in [-0.15, -0.1) is 0 Å². The second-order valence-corrected chi connectivity index (χ2v) is 4.17. The molecule has 96 valence electrons. The monoisotopic (exact) mass is 275 g/mol. The van der Waals surface area contributed by atoms with Crippen molar-refractivity contribution < 1.29 is 17.9 Å². The van der Waals surface area contributed by atoms with E-state index >= 15 is 0 Å². The van der Waals surface area contributed by atoms with Gasteiger partial charge in [0.25, 0.3) is 5.91 Å². The quantitative estimate of drug-likeness (QED) is 0.863. The van der Waals surface area contributed by atoms with Crippen LogP contribution >= 0.6 is 0 Å².